The Kier molecular flexibility index (Phi) is 5.96. The Hall–Kier alpha value is -3.74. The molecule has 0 saturated heterocycles. The molecule has 144 valence electrons. The van der Waals surface area contributed by atoms with Crippen molar-refractivity contribution in [3.63, 3.8) is 0 Å². The lowest BCUT2D eigenvalue weighted by Gasteiger charge is -2.13. The van der Waals surface area contributed by atoms with Gasteiger partial charge in [0.25, 0.3) is 5.91 Å². The van der Waals surface area contributed by atoms with E-state index in [4.69, 9.17) is 14.2 Å². The van der Waals surface area contributed by atoms with Gasteiger partial charge in [-0.2, -0.15) is 0 Å². The minimum Gasteiger partial charge on any atom is -0.497 e. The zero-order chi connectivity index (χ0) is 19.9. The first-order valence-corrected chi connectivity index (χ1v) is 8.53. The fourth-order valence-corrected chi connectivity index (χ4v) is 2.54. The van der Waals surface area contributed by atoms with Crippen LogP contribution in [0.3, 0.4) is 0 Å². The summed E-state index contributed by atoms with van der Waals surface area (Å²) in [6.07, 6.45) is 1.63. The standard InChI is InChI=1S/C21H21N3O4/c1-26-16-7-4-14(5-8-16)21(25)24-20-11-6-15(13-22-20)23-18-12-17(27-2)9-10-19(18)28-3/h4-13,23H,1-3H3,(H,22,24,25). The number of benzene rings is 2. The molecule has 28 heavy (non-hydrogen) atoms. The SMILES string of the molecule is COc1ccc(C(=O)Nc2ccc(Nc3cc(OC)ccc3OC)cn2)cc1. The molecule has 1 heterocycles. The number of ether oxygens (including phenoxy) is 3. The third-order valence-electron chi connectivity index (χ3n) is 4.04. The summed E-state index contributed by atoms with van der Waals surface area (Å²) in [6, 6.07) is 15.9. The molecule has 0 unspecified atom stereocenters. The highest BCUT2D eigenvalue weighted by Crippen LogP contribution is 2.31. The topological polar surface area (TPSA) is 81.7 Å². The molecule has 0 spiro atoms. The third kappa shape index (κ3) is 4.50. The van der Waals surface area contributed by atoms with Crippen molar-refractivity contribution < 1.29 is 19.0 Å². The zero-order valence-electron chi connectivity index (χ0n) is 15.9. The van der Waals surface area contributed by atoms with Gasteiger partial charge in [0.05, 0.1) is 38.9 Å². The van der Waals surface area contributed by atoms with Crippen molar-refractivity contribution >= 4 is 23.1 Å². The third-order valence-corrected chi connectivity index (χ3v) is 4.04. The molecule has 2 aromatic carbocycles. The molecule has 0 aliphatic heterocycles. The first-order chi connectivity index (χ1) is 13.6. The molecule has 0 saturated carbocycles. The molecule has 0 fully saturated rings. The van der Waals surface area contributed by atoms with Crippen LogP contribution in [-0.4, -0.2) is 32.2 Å². The Balaban J connectivity index is 1.69. The van der Waals surface area contributed by atoms with Gasteiger partial charge in [0.15, 0.2) is 0 Å². The number of hydrogen-bond acceptors (Lipinski definition) is 6. The molecular formula is C21H21N3O4. The van der Waals surface area contributed by atoms with E-state index in [9.17, 15) is 4.79 Å². The Morgan fingerprint density at radius 2 is 1.57 bits per heavy atom. The smallest absolute Gasteiger partial charge is 0.256 e. The van der Waals surface area contributed by atoms with Gasteiger partial charge >= 0.3 is 0 Å². The number of carbonyl (C=O) groups is 1. The van der Waals surface area contributed by atoms with E-state index in [0.717, 1.165) is 11.4 Å². The fraction of sp³-hybridized carbons (Fsp3) is 0.143. The van der Waals surface area contributed by atoms with Gasteiger partial charge in [0.1, 0.15) is 23.1 Å². The van der Waals surface area contributed by atoms with E-state index in [0.29, 0.717) is 28.6 Å². The van der Waals surface area contributed by atoms with Crippen LogP contribution in [0.5, 0.6) is 17.2 Å². The Morgan fingerprint density at radius 1 is 0.857 bits per heavy atom. The van der Waals surface area contributed by atoms with Crippen molar-refractivity contribution in [2.45, 2.75) is 0 Å². The highest BCUT2D eigenvalue weighted by atomic mass is 16.5. The maximum Gasteiger partial charge on any atom is 0.256 e. The van der Waals surface area contributed by atoms with Gasteiger partial charge in [-0.3, -0.25) is 4.79 Å². The number of aromatic nitrogens is 1. The second kappa shape index (κ2) is 8.77. The van der Waals surface area contributed by atoms with Gasteiger partial charge in [0.2, 0.25) is 0 Å². The predicted molar refractivity (Wildman–Crippen MR) is 108 cm³/mol. The van der Waals surface area contributed by atoms with Crippen LogP contribution in [0.4, 0.5) is 17.2 Å². The Bertz CT molecular complexity index is 941. The lowest BCUT2D eigenvalue weighted by Crippen LogP contribution is -2.12. The van der Waals surface area contributed by atoms with Crippen molar-refractivity contribution in [3.8, 4) is 17.2 Å². The van der Waals surface area contributed by atoms with Crippen molar-refractivity contribution in [2.75, 3.05) is 32.0 Å². The normalized spacial score (nSPS) is 10.1. The maximum atomic E-state index is 12.3. The average molecular weight is 379 g/mol. The van der Waals surface area contributed by atoms with Crippen LogP contribution < -0.4 is 24.8 Å². The van der Waals surface area contributed by atoms with Crippen LogP contribution in [0.2, 0.25) is 0 Å². The van der Waals surface area contributed by atoms with Gasteiger partial charge in [-0.25, -0.2) is 4.98 Å². The van der Waals surface area contributed by atoms with Gasteiger partial charge in [0, 0.05) is 11.6 Å². The number of nitrogens with zero attached hydrogens (tertiary/aromatic N) is 1. The monoisotopic (exact) mass is 379 g/mol. The number of anilines is 3. The quantitative estimate of drug-likeness (QED) is 0.643. The molecule has 1 amide bonds. The zero-order valence-corrected chi connectivity index (χ0v) is 15.9. The van der Waals surface area contributed by atoms with E-state index in [-0.39, 0.29) is 5.91 Å². The molecule has 0 aliphatic rings. The summed E-state index contributed by atoms with van der Waals surface area (Å²) in [6.45, 7) is 0. The average Bonchev–Trinajstić information content (AvgIpc) is 2.75. The number of methoxy groups -OCH3 is 3. The maximum absolute atomic E-state index is 12.3. The summed E-state index contributed by atoms with van der Waals surface area (Å²) in [5.41, 5.74) is 2.01. The molecule has 0 radical (unpaired) electrons. The number of pyridine rings is 1. The fourth-order valence-electron chi connectivity index (χ4n) is 2.54. The highest BCUT2D eigenvalue weighted by Gasteiger charge is 2.09. The first kappa shape index (κ1) is 19.0. The van der Waals surface area contributed by atoms with Gasteiger partial charge in [-0.1, -0.05) is 0 Å². The number of carbonyl (C=O) groups excluding carboxylic acids is 1. The van der Waals surface area contributed by atoms with Crippen molar-refractivity contribution in [3.05, 3.63) is 66.4 Å². The van der Waals surface area contributed by atoms with Gasteiger partial charge < -0.3 is 24.8 Å². The summed E-state index contributed by atoms with van der Waals surface area (Å²) in [5, 5.41) is 5.99. The van der Waals surface area contributed by atoms with Crippen molar-refractivity contribution in [1.82, 2.24) is 4.98 Å². The summed E-state index contributed by atoms with van der Waals surface area (Å²) < 4.78 is 15.7. The van der Waals surface area contributed by atoms with E-state index in [1.807, 2.05) is 24.3 Å². The Morgan fingerprint density at radius 3 is 2.18 bits per heavy atom. The van der Waals surface area contributed by atoms with Crippen molar-refractivity contribution in [2.24, 2.45) is 0 Å². The van der Waals surface area contributed by atoms with E-state index in [2.05, 4.69) is 15.6 Å². The molecule has 0 bridgehead atoms. The summed E-state index contributed by atoms with van der Waals surface area (Å²) in [7, 11) is 4.78. The van der Waals surface area contributed by atoms with Gasteiger partial charge in [-0.15, -0.1) is 0 Å². The van der Waals surface area contributed by atoms with Crippen LogP contribution in [-0.2, 0) is 0 Å². The molecule has 7 nitrogen and oxygen atoms in total. The molecule has 0 aliphatic carbocycles. The molecule has 3 aromatic rings. The highest BCUT2D eigenvalue weighted by molar-refractivity contribution is 6.03. The van der Waals surface area contributed by atoms with E-state index < -0.39 is 0 Å². The summed E-state index contributed by atoms with van der Waals surface area (Å²) >= 11 is 0. The van der Waals surface area contributed by atoms with Crippen LogP contribution in [0, 0.1) is 0 Å². The summed E-state index contributed by atoms with van der Waals surface area (Å²) in [5.74, 6) is 2.28. The number of amides is 1. The van der Waals surface area contributed by atoms with Crippen LogP contribution in [0.25, 0.3) is 0 Å². The molecule has 7 heteroatoms. The first-order valence-electron chi connectivity index (χ1n) is 8.53. The van der Waals surface area contributed by atoms with Crippen molar-refractivity contribution in [1.29, 1.82) is 0 Å². The number of hydrogen-bond donors (Lipinski definition) is 2. The second-order valence-electron chi connectivity index (χ2n) is 5.81. The van der Waals surface area contributed by atoms with Crippen LogP contribution >= 0.6 is 0 Å². The Labute approximate surface area is 163 Å². The second-order valence-corrected chi connectivity index (χ2v) is 5.81. The molecule has 1 aromatic heterocycles. The van der Waals surface area contributed by atoms with Gasteiger partial charge in [-0.05, 0) is 48.5 Å². The summed E-state index contributed by atoms with van der Waals surface area (Å²) in [4.78, 5) is 16.6. The molecule has 2 N–H and O–H groups in total. The van der Waals surface area contributed by atoms with E-state index >= 15 is 0 Å². The lowest BCUT2D eigenvalue weighted by molar-refractivity contribution is 0.102. The largest absolute Gasteiger partial charge is 0.497 e. The minimum atomic E-state index is -0.245. The number of rotatable bonds is 7. The van der Waals surface area contributed by atoms with E-state index in [1.165, 1.54) is 0 Å². The molecule has 3 rings (SSSR count). The van der Waals surface area contributed by atoms with Crippen LogP contribution in [0.1, 0.15) is 10.4 Å². The minimum absolute atomic E-state index is 0.245. The van der Waals surface area contributed by atoms with Crippen LogP contribution in [0.15, 0.2) is 60.8 Å². The number of nitrogens with one attached hydrogen (secondary N) is 2. The molecule has 0 atom stereocenters. The predicted octanol–water partition coefficient (Wildman–Crippen LogP) is 4.10. The lowest BCUT2D eigenvalue weighted by atomic mass is 10.2. The molecular weight excluding hydrogens is 358 g/mol. The van der Waals surface area contributed by atoms with E-state index in [1.54, 1.807) is 57.9 Å².